The number of rotatable bonds is 4. The van der Waals surface area contributed by atoms with Gasteiger partial charge in [-0.15, -0.1) is 0 Å². The number of nitrogens with one attached hydrogen (secondary N) is 1. The van der Waals surface area contributed by atoms with E-state index < -0.39 is 0 Å². The Balaban J connectivity index is 2.03. The minimum Gasteiger partial charge on any atom is -0.382 e. The van der Waals surface area contributed by atoms with Gasteiger partial charge in [0.25, 0.3) is 0 Å². The lowest BCUT2D eigenvalue weighted by Crippen LogP contribution is -2.18. The van der Waals surface area contributed by atoms with Gasteiger partial charge in [-0.3, -0.25) is 0 Å². The molecule has 2 aromatic carbocycles. The Labute approximate surface area is 114 Å². The van der Waals surface area contributed by atoms with Crippen molar-refractivity contribution in [3.8, 4) is 0 Å². The zero-order valence-electron chi connectivity index (χ0n) is 10.8. The average Bonchev–Trinajstić information content (AvgIpc) is 2.35. The molecule has 0 heterocycles. The molecular weight excluding hydrogens is 242 g/mol. The Morgan fingerprint density at radius 2 is 1.83 bits per heavy atom. The molecule has 0 spiro atoms. The van der Waals surface area contributed by atoms with Crippen molar-refractivity contribution < 1.29 is 0 Å². The second-order valence-corrected chi connectivity index (χ2v) is 5.13. The number of hydrogen-bond acceptors (Lipinski definition) is 1. The fraction of sp³-hybridized carbons (Fsp3) is 0.250. The first-order valence-electron chi connectivity index (χ1n) is 6.22. The van der Waals surface area contributed by atoms with Crippen LogP contribution in [0, 0.1) is 6.92 Å². The van der Waals surface area contributed by atoms with Crippen molar-refractivity contribution in [1.82, 2.24) is 0 Å². The van der Waals surface area contributed by atoms with Gasteiger partial charge in [-0.1, -0.05) is 48.0 Å². The molecule has 0 aromatic heterocycles. The highest BCUT2D eigenvalue weighted by molar-refractivity contribution is 6.30. The Hall–Kier alpha value is -1.47. The summed E-state index contributed by atoms with van der Waals surface area (Å²) < 4.78 is 0. The van der Waals surface area contributed by atoms with E-state index in [9.17, 15) is 0 Å². The molecule has 0 amide bonds. The largest absolute Gasteiger partial charge is 0.382 e. The molecule has 2 rings (SSSR count). The first-order valence-corrected chi connectivity index (χ1v) is 6.59. The lowest BCUT2D eigenvalue weighted by atomic mass is 10.1. The van der Waals surface area contributed by atoms with Crippen LogP contribution in [0.3, 0.4) is 0 Å². The predicted octanol–water partition coefficient (Wildman–Crippen LogP) is 4.69. The zero-order chi connectivity index (χ0) is 13.0. The average molecular weight is 260 g/mol. The highest BCUT2D eigenvalue weighted by Crippen LogP contribution is 2.21. The fourth-order valence-corrected chi connectivity index (χ4v) is 2.21. The monoisotopic (exact) mass is 259 g/mol. The normalized spacial score (nSPS) is 12.2. The quantitative estimate of drug-likeness (QED) is 0.840. The standard InChI is InChI=1S/C16H18ClN/c1-12-8-9-15(17)11-16(12)18-13(2)10-14-6-4-3-5-7-14/h3-9,11,13,18H,10H2,1-2H3. The van der Waals surface area contributed by atoms with Gasteiger partial charge in [-0.05, 0) is 43.5 Å². The van der Waals surface area contributed by atoms with Gasteiger partial charge in [0, 0.05) is 16.8 Å². The Kier molecular flexibility index (Phi) is 4.27. The van der Waals surface area contributed by atoms with Gasteiger partial charge in [-0.2, -0.15) is 0 Å². The molecule has 2 heteroatoms. The summed E-state index contributed by atoms with van der Waals surface area (Å²) >= 11 is 6.02. The van der Waals surface area contributed by atoms with Gasteiger partial charge >= 0.3 is 0 Å². The molecule has 0 saturated heterocycles. The molecule has 0 aliphatic heterocycles. The van der Waals surface area contributed by atoms with E-state index in [0.717, 1.165) is 17.1 Å². The van der Waals surface area contributed by atoms with Gasteiger partial charge in [0.05, 0.1) is 0 Å². The smallest absolute Gasteiger partial charge is 0.0426 e. The fourth-order valence-electron chi connectivity index (χ4n) is 2.03. The van der Waals surface area contributed by atoms with Gasteiger partial charge < -0.3 is 5.32 Å². The summed E-state index contributed by atoms with van der Waals surface area (Å²) in [5.41, 5.74) is 3.68. The second kappa shape index (κ2) is 5.92. The van der Waals surface area contributed by atoms with Crippen molar-refractivity contribution in [1.29, 1.82) is 0 Å². The third-order valence-corrected chi connectivity index (χ3v) is 3.22. The first kappa shape index (κ1) is 13.0. The van der Waals surface area contributed by atoms with E-state index in [-0.39, 0.29) is 0 Å². The maximum absolute atomic E-state index is 6.02. The molecule has 0 radical (unpaired) electrons. The van der Waals surface area contributed by atoms with Crippen LogP contribution in [0.15, 0.2) is 48.5 Å². The van der Waals surface area contributed by atoms with Crippen LogP contribution in [0.4, 0.5) is 5.69 Å². The van der Waals surface area contributed by atoms with E-state index in [0.29, 0.717) is 6.04 Å². The van der Waals surface area contributed by atoms with Gasteiger partial charge in [0.15, 0.2) is 0 Å². The van der Waals surface area contributed by atoms with Gasteiger partial charge in [-0.25, -0.2) is 0 Å². The van der Waals surface area contributed by atoms with Gasteiger partial charge in [0.2, 0.25) is 0 Å². The summed E-state index contributed by atoms with van der Waals surface area (Å²) in [5.74, 6) is 0. The Morgan fingerprint density at radius 3 is 2.56 bits per heavy atom. The molecule has 0 bridgehead atoms. The van der Waals surface area contributed by atoms with Crippen molar-refractivity contribution in [2.24, 2.45) is 0 Å². The lowest BCUT2D eigenvalue weighted by Gasteiger charge is -2.17. The van der Waals surface area contributed by atoms with E-state index in [4.69, 9.17) is 11.6 Å². The van der Waals surface area contributed by atoms with Crippen molar-refractivity contribution in [3.63, 3.8) is 0 Å². The van der Waals surface area contributed by atoms with E-state index in [2.05, 4.69) is 43.4 Å². The zero-order valence-corrected chi connectivity index (χ0v) is 11.5. The summed E-state index contributed by atoms with van der Waals surface area (Å²) in [6, 6.07) is 16.8. The summed E-state index contributed by atoms with van der Waals surface area (Å²) in [5, 5.41) is 4.29. The number of aryl methyl sites for hydroxylation is 1. The summed E-state index contributed by atoms with van der Waals surface area (Å²) in [4.78, 5) is 0. The third kappa shape index (κ3) is 3.51. The third-order valence-electron chi connectivity index (χ3n) is 2.99. The van der Waals surface area contributed by atoms with Crippen LogP contribution in [-0.2, 0) is 6.42 Å². The molecule has 94 valence electrons. The first-order chi connectivity index (χ1) is 8.65. The van der Waals surface area contributed by atoms with E-state index in [1.807, 2.05) is 24.3 Å². The molecule has 0 saturated carbocycles. The minimum atomic E-state index is 0.379. The van der Waals surface area contributed by atoms with Crippen LogP contribution in [0.2, 0.25) is 5.02 Å². The highest BCUT2D eigenvalue weighted by Gasteiger charge is 2.05. The Morgan fingerprint density at radius 1 is 1.11 bits per heavy atom. The van der Waals surface area contributed by atoms with Crippen molar-refractivity contribution >= 4 is 17.3 Å². The number of halogens is 1. The molecule has 1 N–H and O–H groups in total. The second-order valence-electron chi connectivity index (χ2n) is 4.69. The number of benzene rings is 2. The summed E-state index contributed by atoms with van der Waals surface area (Å²) in [7, 11) is 0. The summed E-state index contributed by atoms with van der Waals surface area (Å²) in [6.07, 6.45) is 1.01. The van der Waals surface area contributed by atoms with Crippen molar-refractivity contribution in [3.05, 3.63) is 64.7 Å². The number of anilines is 1. The lowest BCUT2D eigenvalue weighted by molar-refractivity contribution is 0.789. The molecule has 1 unspecified atom stereocenters. The summed E-state index contributed by atoms with van der Waals surface area (Å²) in [6.45, 7) is 4.28. The van der Waals surface area contributed by atoms with Crippen LogP contribution in [-0.4, -0.2) is 6.04 Å². The molecule has 0 aliphatic carbocycles. The van der Waals surface area contributed by atoms with Crippen LogP contribution >= 0.6 is 11.6 Å². The minimum absolute atomic E-state index is 0.379. The molecule has 1 atom stereocenters. The SMILES string of the molecule is Cc1ccc(Cl)cc1NC(C)Cc1ccccc1. The maximum atomic E-state index is 6.02. The molecule has 18 heavy (non-hydrogen) atoms. The van der Waals surface area contributed by atoms with E-state index in [1.165, 1.54) is 11.1 Å². The van der Waals surface area contributed by atoms with Gasteiger partial charge in [0.1, 0.15) is 0 Å². The Bertz CT molecular complexity index is 508. The van der Waals surface area contributed by atoms with Crippen molar-refractivity contribution in [2.45, 2.75) is 26.3 Å². The van der Waals surface area contributed by atoms with Crippen LogP contribution < -0.4 is 5.32 Å². The highest BCUT2D eigenvalue weighted by atomic mass is 35.5. The van der Waals surface area contributed by atoms with Crippen LogP contribution in [0.5, 0.6) is 0 Å². The topological polar surface area (TPSA) is 12.0 Å². The molecule has 0 fully saturated rings. The molecule has 1 nitrogen and oxygen atoms in total. The van der Waals surface area contributed by atoms with Crippen LogP contribution in [0.25, 0.3) is 0 Å². The molecule has 0 aliphatic rings. The number of hydrogen-bond donors (Lipinski definition) is 1. The maximum Gasteiger partial charge on any atom is 0.0426 e. The van der Waals surface area contributed by atoms with Crippen LogP contribution in [0.1, 0.15) is 18.1 Å². The predicted molar refractivity (Wildman–Crippen MR) is 79.4 cm³/mol. The van der Waals surface area contributed by atoms with E-state index >= 15 is 0 Å². The van der Waals surface area contributed by atoms with E-state index in [1.54, 1.807) is 0 Å². The molecule has 2 aromatic rings. The molecular formula is C16H18ClN. The van der Waals surface area contributed by atoms with Crippen molar-refractivity contribution in [2.75, 3.05) is 5.32 Å².